The van der Waals surface area contributed by atoms with E-state index in [0.717, 1.165) is 0 Å². The monoisotopic (exact) mass is 242 g/mol. The van der Waals surface area contributed by atoms with Crippen molar-refractivity contribution in [2.24, 2.45) is 0 Å². The van der Waals surface area contributed by atoms with Crippen LogP contribution in [0, 0.1) is 11.3 Å². The second-order valence-corrected chi connectivity index (χ2v) is 3.66. The molecule has 0 amide bonds. The van der Waals surface area contributed by atoms with Gasteiger partial charge in [-0.2, -0.15) is 26.9 Å². The zero-order valence-corrected chi connectivity index (χ0v) is 7.46. The minimum absolute atomic E-state index is 0.470. The molecule has 0 saturated heterocycles. The Morgan fingerprint density at radius 1 is 1.53 bits per heavy atom. The first kappa shape index (κ1) is 11.3. The SMILES string of the molecule is N#Cc1cc(OS(=O)(=O)C(F)(F)F)no1. The largest absolute Gasteiger partial charge is 0.534 e. The fraction of sp³-hybridized carbons (Fsp3) is 0.200. The van der Waals surface area contributed by atoms with Crippen molar-refractivity contribution in [3.8, 4) is 11.9 Å². The summed E-state index contributed by atoms with van der Waals surface area (Å²) in [7, 11) is -5.78. The van der Waals surface area contributed by atoms with Crippen molar-refractivity contribution in [3.63, 3.8) is 0 Å². The number of rotatable bonds is 2. The Hall–Kier alpha value is -1.76. The maximum atomic E-state index is 11.8. The molecular weight excluding hydrogens is 241 g/mol. The van der Waals surface area contributed by atoms with Crippen LogP contribution in [0.5, 0.6) is 5.88 Å². The van der Waals surface area contributed by atoms with Gasteiger partial charge in [0.05, 0.1) is 6.07 Å². The molecule has 10 heteroatoms. The third kappa shape index (κ3) is 2.38. The van der Waals surface area contributed by atoms with Crippen LogP contribution in [0.4, 0.5) is 13.2 Å². The molecule has 0 aromatic carbocycles. The molecule has 0 N–H and O–H groups in total. The van der Waals surface area contributed by atoms with Gasteiger partial charge in [0.2, 0.25) is 5.76 Å². The van der Waals surface area contributed by atoms with E-state index in [4.69, 9.17) is 5.26 Å². The van der Waals surface area contributed by atoms with Gasteiger partial charge in [0.25, 0.3) is 5.88 Å². The van der Waals surface area contributed by atoms with E-state index in [0.29, 0.717) is 6.07 Å². The lowest BCUT2D eigenvalue weighted by Crippen LogP contribution is -2.28. The summed E-state index contributed by atoms with van der Waals surface area (Å²) in [5.41, 5.74) is -5.56. The molecule has 6 nitrogen and oxygen atoms in total. The summed E-state index contributed by atoms with van der Waals surface area (Å²) in [6.07, 6.45) is 0. The van der Waals surface area contributed by atoms with Crippen LogP contribution in [0.25, 0.3) is 0 Å². The Kier molecular flexibility index (Phi) is 2.59. The Labute approximate surface area is 81.0 Å². The highest BCUT2D eigenvalue weighted by molar-refractivity contribution is 7.87. The molecule has 0 unspecified atom stereocenters. The van der Waals surface area contributed by atoms with Gasteiger partial charge in [-0.3, -0.25) is 0 Å². The van der Waals surface area contributed by atoms with Crippen molar-refractivity contribution in [2.45, 2.75) is 5.51 Å². The molecule has 0 fully saturated rings. The minimum Gasteiger partial charge on any atom is -0.352 e. The second-order valence-electron chi connectivity index (χ2n) is 2.12. The van der Waals surface area contributed by atoms with Crippen molar-refractivity contribution in [1.82, 2.24) is 5.16 Å². The zero-order chi connectivity index (χ0) is 11.7. The predicted octanol–water partition coefficient (Wildman–Crippen LogP) is 0.775. The summed E-state index contributed by atoms with van der Waals surface area (Å²) in [6.45, 7) is 0. The summed E-state index contributed by atoms with van der Waals surface area (Å²) >= 11 is 0. The molecule has 0 aliphatic rings. The Bertz CT molecular complexity index is 497. The molecule has 0 spiro atoms. The molecule has 1 aromatic heterocycles. The molecule has 15 heavy (non-hydrogen) atoms. The first-order chi connectivity index (χ1) is 6.76. The van der Waals surface area contributed by atoms with Crippen molar-refractivity contribution >= 4 is 10.1 Å². The number of nitriles is 1. The summed E-state index contributed by atoms with van der Waals surface area (Å²) in [5, 5.41) is 11.0. The molecule has 1 heterocycles. The first-order valence-corrected chi connectivity index (χ1v) is 4.54. The van der Waals surface area contributed by atoms with Gasteiger partial charge in [0.15, 0.2) is 0 Å². The zero-order valence-electron chi connectivity index (χ0n) is 6.65. The van der Waals surface area contributed by atoms with Gasteiger partial charge in [-0.05, 0) is 5.16 Å². The van der Waals surface area contributed by atoms with Crippen LogP contribution in [0.15, 0.2) is 10.6 Å². The fourth-order valence-electron chi connectivity index (χ4n) is 0.511. The van der Waals surface area contributed by atoms with Crippen LogP contribution in [-0.2, 0) is 10.1 Å². The van der Waals surface area contributed by atoms with Crippen LogP contribution in [0.1, 0.15) is 5.76 Å². The minimum atomic E-state index is -5.78. The average Bonchev–Trinajstić information content (AvgIpc) is 2.49. The number of alkyl halides is 3. The molecule has 1 rings (SSSR count). The van der Waals surface area contributed by atoms with Gasteiger partial charge in [-0.25, -0.2) is 0 Å². The van der Waals surface area contributed by atoms with E-state index in [1.54, 1.807) is 0 Å². The third-order valence-corrected chi connectivity index (χ3v) is 2.03. The van der Waals surface area contributed by atoms with E-state index in [1.165, 1.54) is 6.07 Å². The van der Waals surface area contributed by atoms with Gasteiger partial charge < -0.3 is 8.71 Å². The third-order valence-electron chi connectivity index (χ3n) is 1.08. The highest BCUT2D eigenvalue weighted by Crippen LogP contribution is 2.26. The lowest BCUT2D eigenvalue weighted by Gasteiger charge is -2.05. The second kappa shape index (κ2) is 3.43. The summed E-state index contributed by atoms with van der Waals surface area (Å²) < 4.78 is 63.8. The molecule has 0 aliphatic carbocycles. The van der Waals surface area contributed by atoms with Crippen LogP contribution >= 0.6 is 0 Å². The smallest absolute Gasteiger partial charge is 0.352 e. The number of hydrogen-bond acceptors (Lipinski definition) is 6. The van der Waals surface area contributed by atoms with Gasteiger partial charge in [0, 0.05) is 0 Å². The molecule has 0 atom stereocenters. The Morgan fingerprint density at radius 3 is 2.53 bits per heavy atom. The van der Waals surface area contributed by atoms with Crippen LogP contribution in [-0.4, -0.2) is 19.1 Å². The van der Waals surface area contributed by atoms with Crippen molar-refractivity contribution < 1.29 is 30.3 Å². The van der Waals surface area contributed by atoms with Gasteiger partial charge in [0.1, 0.15) is 6.07 Å². The standard InChI is InChI=1S/C5HF3N2O4S/c6-5(7,8)15(11,12)14-4-1-3(2-9)13-10-4/h1H. The highest BCUT2D eigenvalue weighted by Gasteiger charge is 2.49. The highest BCUT2D eigenvalue weighted by atomic mass is 32.2. The number of aromatic nitrogens is 1. The molecule has 0 bridgehead atoms. The Balaban J connectivity index is 2.93. The molecule has 0 radical (unpaired) electrons. The quantitative estimate of drug-likeness (QED) is 0.561. The lowest BCUT2D eigenvalue weighted by molar-refractivity contribution is -0.0502. The maximum absolute atomic E-state index is 11.8. The predicted molar refractivity (Wildman–Crippen MR) is 36.8 cm³/mol. The van der Waals surface area contributed by atoms with Crippen LogP contribution < -0.4 is 4.18 Å². The normalized spacial score (nSPS) is 12.1. The molecular formula is C5HF3N2O4S. The number of hydrogen-bond donors (Lipinski definition) is 0. The molecule has 1 aromatic rings. The van der Waals surface area contributed by atoms with Crippen LogP contribution in [0.2, 0.25) is 0 Å². The van der Waals surface area contributed by atoms with Crippen LogP contribution in [0.3, 0.4) is 0 Å². The lowest BCUT2D eigenvalue weighted by atomic mass is 10.5. The van der Waals surface area contributed by atoms with Gasteiger partial charge >= 0.3 is 15.6 Å². The van der Waals surface area contributed by atoms with Gasteiger partial charge in [-0.15, -0.1) is 0 Å². The fourth-order valence-corrected chi connectivity index (χ4v) is 0.908. The molecule has 82 valence electrons. The van der Waals surface area contributed by atoms with E-state index in [2.05, 4.69) is 13.9 Å². The topological polar surface area (TPSA) is 93.2 Å². The van der Waals surface area contributed by atoms with E-state index in [1.807, 2.05) is 0 Å². The Morgan fingerprint density at radius 2 is 2.13 bits per heavy atom. The van der Waals surface area contributed by atoms with E-state index in [9.17, 15) is 21.6 Å². The van der Waals surface area contributed by atoms with E-state index < -0.39 is 27.3 Å². The molecule has 0 aliphatic heterocycles. The van der Waals surface area contributed by atoms with Crippen molar-refractivity contribution in [3.05, 3.63) is 11.8 Å². The summed E-state index contributed by atoms with van der Waals surface area (Å²) in [5.74, 6) is -1.42. The summed E-state index contributed by atoms with van der Waals surface area (Å²) in [6, 6.07) is 2.00. The number of nitrogens with zero attached hydrogens (tertiary/aromatic N) is 2. The van der Waals surface area contributed by atoms with Gasteiger partial charge in [-0.1, -0.05) is 0 Å². The summed E-state index contributed by atoms with van der Waals surface area (Å²) in [4.78, 5) is 0. The molecule has 0 saturated carbocycles. The van der Waals surface area contributed by atoms with E-state index in [-0.39, 0.29) is 0 Å². The maximum Gasteiger partial charge on any atom is 0.534 e. The average molecular weight is 242 g/mol. The van der Waals surface area contributed by atoms with E-state index >= 15 is 0 Å². The van der Waals surface area contributed by atoms with Crippen molar-refractivity contribution in [1.29, 1.82) is 5.26 Å². The number of halogens is 3. The van der Waals surface area contributed by atoms with Crippen molar-refractivity contribution in [2.75, 3.05) is 0 Å². The first-order valence-electron chi connectivity index (χ1n) is 3.14.